The first-order valence-electron chi connectivity index (χ1n) is 33.9. The second-order valence-electron chi connectivity index (χ2n) is 23.8. The Morgan fingerprint density at radius 2 is 0.659 bits per heavy atom. The average Bonchev–Trinajstić information content (AvgIpc) is 3.46. The summed E-state index contributed by atoms with van der Waals surface area (Å²) in [6.45, 7) is 4.04. The van der Waals surface area contributed by atoms with Crippen molar-refractivity contribution in [3.8, 4) is 0 Å². The van der Waals surface area contributed by atoms with Crippen molar-refractivity contribution in [3.63, 3.8) is 0 Å². The molecule has 0 aliphatic rings. The van der Waals surface area contributed by atoms with E-state index in [2.05, 4.69) is 111 Å². The summed E-state index contributed by atoms with van der Waals surface area (Å²) in [6, 6.07) is 0. The minimum atomic E-state index is -4.64. The van der Waals surface area contributed by atoms with Crippen LogP contribution in [0, 0.1) is 0 Å². The number of phosphoric acid groups is 1. The summed E-state index contributed by atoms with van der Waals surface area (Å²) < 4.78 is 34.3. The Balaban J connectivity index is 4.03. The molecule has 0 rings (SSSR count). The zero-order chi connectivity index (χ0) is 59.8. The summed E-state index contributed by atoms with van der Waals surface area (Å²) in [4.78, 5) is 38.0. The monoisotopic (exact) mass is 1170 g/mol. The average molecular weight is 1170 g/mol. The van der Waals surface area contributed by atoms with Gasteiger partial charge in [-0.3, -0.25) is 14.2 Å². The maximum Gasteiger partial charge on any atom is 0.306 e. The molecular formula is C72H128NO8P. The number of unbranched alkanes of at least 4 members (excludes halogenated alkanes) is 32. The molecule has 0 aromatic heterocycles. The van der Waals surface area contributed by atoms with Gasteiger partial charge in [-0.25, -0.2) is 0 Å². The van der Waals surface area contributed by atoms with Gasteiger partial charge in [-0.2, -0.15) is 0 Å². The molecular weight excluding hydrogens is 1040 g/mol. The molecule has 10 heteroatoms. The number of quaternary nitrogens is 1. The molecule has 0 bridgehead atoms. The predicted molar refractivity (Wildman–Crippen MR) is 351 cm³/mol. The number of carbonyl (C=O) groups is 2. The van der Waals surface area contributed by atoms with Crippen LogP contribution in [0.4, 0.5) is 0 Å². The van der Waals surface area contributed by atoms with Gasteiger partial charge in [-0.15, -0.1) is 0 Å². The summed E-state index contributed by atoms with van der Waals surface area (Å²) in [7, 11) is 1.17. The lowest BCUT2D eigenvalue weighted by atomic mass is 10.0. The summed E-state index contributed by atoms with van der Waals surface area (Å²) >= 11 is 0. The second-order valence-corrected chi connectivity index (χ2v) is 25.2. The fourth-order valence-corrected chi connectivity index (χ4v) is 10.2. The first-order valence-corrected chi connectivity index (χ1v) is 35.4. The number of ether oxygens (including phenoxy) is 2. The molecule has 2 unspecified atom stereocenters. The van der Waals surface area contributed by atoms with Gasteiger partial charge in [0.05, 0.1) is 27.7 Å². The van der Waals surface area contributed by atoms with Crippen molar-refractivity contribution < 1.29 is 42.1 Å². The number of rotatable bonds is 62. The van der Waals surface area contributed by atoms with Crippen molar-refractivity contribution in [2.24, 2.45) is 0 Å². The van der Waals surface area contributed by atoms with Crippen LogP contribution in [0.25, 0.3) is 0 Å². The van der Waals surface area contributed by atoms with E-state index in [1.54, 1.807) is 0 Å². The quantitative estimate of drug-likeness (QED) is 0.0195. The van der Waals surface area contributed by atoms with Gasteiger partial charge < -0.3 is 27.9 Å². The standard InChI is InChI=1S/C72H128NO8P/c1-6-8-10-12-14-16-18-20-22-24-26-28-30-32-33-34-35-36-37-38-39-41-43-45-47-49-51-53-55-57-59-61-63-65-72(75)81-70(69-80-82(76,77)79-67-66-73(3,4)5)68-78-71(74)64-62-60-58-56-54-52-50-48-46-44-42-40-31-29-27-25-23-21-19-17-15-13-11-9-7-2/h8-11,14-17,20-23,26-29,70H,6-7,12-13,18-19,24-25,30-69H2,1-5H3/b10-8-,11-9-,16-14-,17-15-,22-20-,23-21-,28-26-,29-27-. The van der Waals surface area contributed by atoms with Crippen LogP contribution in [0.1, 0.15) is 296 Å². The zero-order valence-corrected chi connectivity index (χ0v) is 54.8. The van der Waals surface area contributed by atoms with Crippen molar-refractivity contribution >= 4 is 19.8 Å². The lowest BCUT2D eigenvalue weighted by Gasteiger charge is -2.28. The maximum absolute atomic E-state index is 12.9. The van der Waals surface area contributed by atoms with Crippen LogP contribution in [-0.2, 0) is 32.7 Å². The molecule has 0 aliphatic heterocycles. The number of phosphoric ester groups is 1. The SMILES string of the molecule is CC/C=C\C/C=C\C/C=C\C/C=C\CCCCCCCCCCCCCCCCCCCCCCC(=O)OC(COC(=O)CCCCCCCCCCCCCC/C=C\C/C=C\C/C=C\C/C=C\CC)COP(=O)([O-])OCC[N+](C)(C)C. The van der Waals surface area contributed by atoms with Crippen molar-refractivity contribution in [1.29, 1.82) is 0 Å². The van der Waals surface area contributed by atoms with Gasteiger partial charge in [-0.1, -0.05) is 291 Å². The van der Waals surface area contributed by atoms with E-state index in [1.807, 2.05) is 21.1 Å². The molecule has 0 spiro atoms. The van der Waals surface area contributed by atoms with E-state index in [9.17, 15) is 19.0 Å². The fourth-order valence-electron chi connectivity index (χ4n) is 9.47. The lowest BCUT2D eigenvalue weighted by Crippen LogP contribution is -2.37. The highest BCUT2D eigenvalue weighted by Gasteiger charge is 2.22. The van der Waals surface area contributed by atoms with Gasteiger partial charge in [0, 0.05) is 12.8 Å². The summed E-state index contributed by atoms with van der Waals surface area (Å²) in [6.07, 6.45) is 86.2. The highest BCUT2D eigenvalue weighted by molar-refractivity contribution is 7.45. The number of likely N-dealkylation sites (N-methyl/N-ethyl adjacent to an activating group) is 1. The van der Waals surface area contributed by atoms with E-state index in [4.69, 9.17) is 18.5 Å². The van der Waals surface area contributed by atoms with Crippen LogP contribution >= 0.6 is 7.82 Å². The molecule has 0 fully saturated rings. The van der Waals surface area contributed by atoms with Gasteiger partial charge >= 0.3 is 11.9 Å². The lowest BCUT2D eigenvalue weighted by molar-refractivity contribution is -0.870. The third-order valence-electron chi connectivity index (χ3n) is 14.6. The Labute approximate surface area is 506 Å². The molecule has 0 radical (unpaired) electrons. The third-order valence-corrected chi connectivity index (χ3v) is 15.6. The Morgan fingerprint density at radius 3 is 0.976 bits per heavy atom. The molecule has 82 heavy (non-hydrogen) atoms. The minimum absolute atomic E-state index is 0.0329. The van der Waals surface area contributed by atoms with Gasteiger partial charge in [0.15, 0.2) is 6.10 Å². The summed E-state index contributed by atoms with van der Waals surface area (Å²) in [5, 5.41) is 0. The number of hydrogen-bond acceptors (Lipinski definition) is 8. The van der Waals surface area contributed by atoms with E-state index >= 15 is 0 Å². The van der Waals surface area contributed by atoms with Crippen molar-refractivity contribution in [3.05, 3.63) is 97.2 Å². The van der Waals surface area contributed by atoms with Crippen LogP contribution in [0.2, 0.25) is 0 Å². The number of esters is 2. The Hall–Kier alpha value is -3.07. The van der Waals surface area contributed by atoms with E-state index < -0.39 is 26.5 Å². The fraction of sp³-hybridized carbons (Fsp3) is 0.750. The topological polar surface area (TPSA) is 111 Å². The Morgan fingerprint density at radius 1 is 0.378 bits per heavy atom. The number of carbonyl (C=O) groups excluding carboxylic acids is 2. The van der Waals surface area contributed by atoms with Crippen molar-refractivity contribution in [1.82, 2.24) is 0 Å². The van der Waals surface area contributed by atoms with Crippen LogP contribution < -0.4 is 4.89 Å². The van der Waals surface area contributed by atoms with Crippen LogP contribution in [0.3, 0.4) is 0 Å². The van der Waals surface area contributed by atoms with E-state index in [-0.39, 0.29) is 32.0 Å². The molecule has 0 saturated heterocycles. The maximum atomic E-state index is 12.9. The normalized spacial score (nSPS) is 13.8. The summed E-state index contributed by atoms with van der Waals surface area (Å²) in [5.41, 5.74) is 0. The number of hydrogen-bond donors (Lipinski definition) is 0. The Kier molecular flexibility index (Phi) is 60.1. The van der Waals surface area contributed by atoms with Gasteiger partial charge in [0.1, 0.15) is 19.8 Å². The van der Waals surface area contributed by atoms with Crippen LogP contribution in [0.5, 0.6) is 0 Å². The van der Waals surface area contributed by atoms with E-state index in [0.717, 1.165) is 89.9 Å². The zero-order valence-electron chi connectivity index (χ0n) is 53.9. The third kappa shape index (κ3) is 66.1. The minimum Gasteiger partial charge on any atom is -0.756 e. The van der Waals surface area contributed by atoms with Crippen LogP contribution in [-0.4, -0.2) is 70.0 Å². The molecule has 474 valence electrons. The second kappa shape index (κ2) is 62.5. The van der Waals surface area contributed by atoms with Crippen LogP contribution in [0.15, 0.2) is 97.2 Å². The van der Waals surface area contributed by atoms with Crippen molar-refractivity contribution in [2.45, 2.75) is 302 Å². The highest BCUT2D eigenvalue weighted by Crippen LogP contribution is 2.38. The molecule has 0 aliphatic carbocycles. The molecule has 0 N–H and O–H groups in total. The number of nitrogens with zero attached hydrogens (tertiary/aromatic N) is 1. The first-order chi connectivity index (χ1) is 40.0. The van der Waals surface area contributed by atoms with Gasteiger partial charge in [0.2, 0.25) is 0 Å². The van der Waals surface area contributed by atoms with Gasteiger partial charge in [-0.05, 0) is 89.9 Å². The molecule has 2 atom stereocenters. The van der Waals surface area contributed by atoms with E-state index in [1.165, 1.54) is 173 Å². The smallest absolute Gasteiger partial charge is 0.306 e. The number of allylic oxidation sites excluding steroid dienone is 16. The molecule has 0 amide bonds. The molecule has 0 aromatic rings. The van der Waals surface area contributed by atoms with Gasteiger partial charge in [0.25, 0.3) is 7.82 Å². The largest absolute Gasteiger partial charge is 0.756 e. The molecule has 0 aromatic carbocycles. The predicted octanol–water partition coefficient (Wildman–Crippen LogP) is 21.3. The molecule has 9 nitrogen and oxygen atoms in total. The molecule has 0 heterocycles. The highest BCUT2D eigenvalue weighted by atomic mass is 31.2. The van der Waals surface area contributed by atoms with Crippen molar-refractivity contribution in [2.75, 3.05) is 47.5 Å². The Bertz CT molecular complexity index is 1710. The summed E-state index contributed by atoms with van der Waals surface area (Å²) in [5.74, 6) is -0.827. The molecule has 0 saturated carbocycles. The first kappa shape index (κ1) is 78.9. The van der Waals surface area contributed by atoms with E-state index in [0.29, 0.717) is 17.4 Å².